The molecule has 1 saturated heterocycles. The van der Waals surface area contributed by atoms with Gasteiger partial charge in [-0.15, -0.1) is 0 Å². The molecule has 1 aromatic rings. The molecule has 2 rings (SSSR count). The number of hydrogen-bond donors (Lipinski definition) is 1. The van der Waals surface area contributed by atoms with E-state index in [1.807, 2.05) is 0 Å². The average Bonchev–Trinajstić information content (AvgIpc) is 2.53. The first kappa shape index (κ1) is 18.3. The van der Waals surface area contributed by atoms with Crippen LogP contribution in [-0.2, 0) is 16.0 Å². The first-order valence-electron chi connectivity index (χ1n) is 7.84. The SMILES string of the molecule is CC(F)(F)COC1CCN(C(=O)Cc2cccc(C(=O)O)c2)CC1. The fourth-order valence-corrected chi connectivity index (χ4v) is 2.64. The summed E-state index contributed by atoms with van der Waals surface area (Å²) in [6, 6.07) is 6.28. The monoisotopic (exact) mass is 341 g/mol. The summed E-state index contributed by atoms with van der Waals surface area (Å²) >= 11 is 0. The number of carboxylic acids is 1. The zero-order valence-electron chi connectivity index (χ0n) is 13.5. The van der Waals surface area contributed by atoms with Gasteiger partial charge in [-0.3, -0.25) is 4.79 Å². The van der Waals surface area contributed by atoms with Crippen LogP contribution in [0.25, 0.3) is 0 Å². The Balaban J connectivity index is 1.82. The topological polar surface area (TPSA) is 66.8 Å². The quantitative estimate of drug-likeness (QED) is 0.864. The number of likely N-dealkylation sites (tertiary alicyclic amines) is 1. The molecular weight excluding hydrogens is 320 g/mol. The highest BCUT2D eigenvalue weighted by Crippen LogP contribution is 2.19. The van der Waals surface area contributed by atoms with Crippen molar-refractivity contribution in [1.29, 1.82) is 0 Å². The van der Waals surface area contributed by atoms with Gasteiger partial charge in [-0.25, -0.2) is 13.6 Å². The van der Waals surface area contributed by atoms with Crippen LogP contribution in [0.3, 0.4) is 0 Å². The van der Waals surface area contributed by atoms with Crippen LogP contribution in [0.15, 0.2) is 24.3 Å². The van der Waals surface area contributed by atoms with Crippen LogP contribution in [0.1, 0.15) is 35.7 Å². The van der Waals surface area contributed by atoms with Gasteiger partial charge in [0.25, 0.3) is 5.92 Å². The maximum absolute atomic E-state index is 12.8. The van der Waals surface area contributed by atoms with Gasteiger partial charge in [0, 0.05) is 20.0 Å². The molecule has 0 radical (unpaired) electrons. The highest BCUT2D eigenvalue weighted by molar-refractivity contribution is 5.88. The smallest absolute Gasteiger partial charge is 0.335 e. The summed E-state index contributed by atoms with van der Waals surface area (Å²) in [5.74, 6) is -3.98. The zero-order valence-corrected chi connectivity index (χ0v) is 13.5. The van der Waals surface area contributed by atoms with Crippen molar-refractivity contribution >= 4 is 11.9 Å². The molecular formula is C17H21F2NO4. The summed E-state index contributed by atoms with van der Waals surface area (Å²) in [6.07, 6.45) is 0.920. The highest BCUT2D eigenvalue weighted by atomic mass is 19.3. The zero-order chi connectivity index (χ0) is 17.7. The van der Waals surface area contributed by atoms with Crippen molar-refractivity contribution < 1.29 is 28.2 Å². The molecule has 1 aliphatic heterocycles. The molecule has 5 nitrogen and oxygen atoms in total. The van der Waals surface area contributed by atoms with E-state index in [0.717, 1.165) is 6.92 Å². The van der Waals surface area contributed by atoms with E-state index in [1.165, 1.54) is 12.1 Å². The molecule has 0 bridgehead atoms. The minimum atomic E-state index is -2.85. The number of benzene rings is 1. The predicted octanol–water partition coefficient (Wildman–Crippen LogP) is 2.59. The van der Waals surface area contributed by atoms with Crippen molar-refractivity contribution in [2.24, 2.45) is 0 Å². The summed E-state index contributed by atoms with van der Waals surface area (Å²) < 4.78 is 30.7. The third-order valence-corrected chi connectivity index (χ3v) is 3.90. The Morgan fingerprint density at radius 1 is 1.33 bits per heavy atom. The van der Waals surface area contributed by atoms with Gasteiger partial charge in [-0.05, 0) is 30.5 Å². The summed E-state index contributed by atoms with van der Waals surface area (Å²) in [7, 11) is 0. The molecule has 1 amide bonds. The van der Waals surface area contributed by atoms with Crippen LogP contribution in [0.4, 0.5) is 8.78 Å². The second-order valence-corrected chi connectivity index (χ2v) is 6.14. The Labute approximate surface area is 139 Å². The Morgan fingerprint density at radius 3 is 2.58 bits per heavy atom. The predicted molar refractivity (Wildman–Crippen MR) is 83.3 cm³/mol. The largest absolute Gasteiger partial charge is 0.478 e. The van der Waals surface area contributed by atoms with E-state index in [4.69, 9.17) is 9.84 Å². The maximum Gasteiger partial charge on any atom is 0.335 e. The lowest BCUT2D eigenvalue weighted by molar-refractivity contribution is -0.135. The van der Waals surface area contributed by atoms with Gasteiger partial charge < -0.3 is 14.7 Å². The van der Waals surface area contributed by atoms with Crippen LogP contribution >= 0.6 is 0 Å². The summed E-state index contributed by atoms with van der Waals surface area (Å²) in [4.78, 5) is 24.9. The van der Waals surface area contributed by atoms with Gasteiger partial charge in [-0.2, -0.15) is 0 Å². The lowest BCUT2D eigenvalue weighted by Crippen LogP contribution is -2.42. The van der Waals surface area contributed by atoms with Gasteiger partial charge in [0.1, 0.15) is 6.61 Å². The van der Waals surface area contributed by atoms with E-state index in [0.29, 0.717) is 31.5 Å². The Kier molecular flexibility index (Phi) is 5.88. The highest BCUT2D eigenvalue weighted by Gasteiger charge is 2.27. The molecule has 0 aromatic heterocycles. The molecule has 0 spiro atoms. The van der Waals surface area contributed by atoms with Crippen LogP contribution in [0, 0.1) is 0 Å². The molecule has 0 aliphatic carbocycles. The lowest BCUT2D eigenvalue weighted by atomic mass is 10.0. The normalized spacial score (nSPS) is 16.2. The van der Waals surface area contributed by atoms with E-state index < -0.39 is 18.5 Å². The van der Waals surface area contributed by atoms with E-state index in [2.05, 4.69) is 0 Å². The van der Waals surface area contributed by atoms with Gasteiger partial charge in [-0.1, -0.05) is 12.1 Å². The van der Waals surface area contributed by atoms with Crippen LogP contribution in [0.5, 0.6) is 0 Å². The number of carbonyl (C=O) groups excluding carboxylic acids is 1. The number of hydrogen-bond acceptors (Lipinski definition) is 3. The molecule has 1 heterocycles. The maximum atomic E-state index is 12.8. The van der Waals surface area contributed by atoms with Crippen molar-refractivity contribution in [1.82, 2.24) is 4.90 Å². The molecule has 132 valence electrons. The fraction of sp³-hybridized carbons (Fsp3) is 0.529. The van der Waals surface area contributed by atoms with Crippen molar-refractivity contribution in [2.75, 3.05) is 19.7 Å². The minimum absolute atomic E-state index is 0.100. The third-order valence-electron chi connectivity index (χ3n) is 3.90. The number of rotatable bonds is 6. The van der Waals surface area contributed by atoms with E-state index in [1.54, 1.807) is 17.0 Å². The molecule has 1 fully saturated rings. The Morgan fingerprint density at radius 2 is 2.00 bits per heavy atom. The number of ether oxygens (including phenoxy) is 1. The minimum Gasteiger partial charge on any atom is -0.478 e. The van der Waals surface area contributed by atoms with E-state index >= 15 is 0 Å². The molecule has 7 heteroatoms. The lowest BCUT2D eigenvalue weighted by Gasteiger charge is -2.32. The van der Waals surface area contributed by atoms with Crippen LogP contribution in [-0.4, -0.2) is 53.6 Å². The molecule has 1 aliphatic rings. The Bertz CT molecular complexity index is 592. The summed E-state index contributed by atoms with van der Waals surface area (Å²) in [6.45, 7) is 1.12. The van der Waals surface area contributed by atoms with Crippen molar-refractivity contribution in [3.05, 3.63) is 35.4 Å². The number of halogens is 2. The third kappa shape index (κ3) is 5.56. The number of carbonyl (C=O) groups is 2. The summed E-state index contributed by atoms with van der Waals surface area (Å²) in [5.41, 5.74) is 0.789. The number of nitrogens with zero attached hydrogens (tertiary/aromatic N) is 1. The van der Waals surface area contributed by atoms with E-state index in [9.17, 15) is 18.4 Å². The van der Waals surface area contributed by atoms with Crippen molar-refractivity contribution in [2.45, 2.75) is 38.2 Å². The molecule has 0 unspecified atom stereocenters. The second kappa shape index (κ2) is 7.70. The standard InChI is InChI=1S/C17H21F2NO4/c1-17(18,19)11-24-14-5-7-20(8-6-14)15(21)10-12-3-2-4-13(9-12)16(22)23/h2-4,9,14H,5-8,10-11H2,1H3,(H,22,23). The molecule has 1 N–H and O–H groups in total. The van der Waals surface area contributed by atoms with Crippen LogP contribution < -0.4 is 0 Å². The molecule has 0 saturated carbocycles. The second-order valence-electron chi connectivity index (χ2n) is 6.14. The number of piperidine rings is 1. The van der Waals surface area contributed by atoms with Gasteiger partial charge >= 0.3 is 5.97 Å². The molecule has 0 atom stereocenters. The van der Waals surface area contributed by atoms with E-state index in [-0.39, 0.29) is 24.0 Å². The number of amides is 1. The van der Waals surface area contributed by atoms with Gasteiger partial charge in [0.2, 0.25) is 5.91 Å². The fourth-order valence-electron chi connectivity index (χ4n) is 2.64. The van der Waals surface area contributed by atoms with Crippen molar-refractivity contribution in [3.63, 3.8) is 0 Å². The Hall–Kier alpha value is -2.02. The average molecular weight is 341 g/mol. The van der Waals surface area contributed by atoms with Gasteiger partial charge in [0.15, 0.2) is 0 Å². The van der Waals surface area contributed by atoms with Crippen molar-refractivity contribution in [3.8, 4) is 0 Å². The number of carboxylic acid groups (broad SMARTS) is 1. The first-order chi connectivity index (χ1) is 11.2. The first-order valence-corrected chi connectivity index (χ1v) is 7.84. The number of alkyl halides is 2. The van der Waals surface area contributed by atoms with Gasteiger partial charge in [0.05, 0.1) is 18.1 Å². The number of aromatic carboxylic acids is 1. The van der Waals surface area contributed by atoms with Crippen LogP contribution in [0.2, 0.25) is 0 Å². The molecule has 1 aromatic carbocycles. The molecule has 24 heavy (non-hydrogen) atoms. The summed E-state index contributed by atoms with van der Waals surface area (Å²) in [5, 5.41) is 8.97.